The minimum atomic E-state index is -0.439. The van der Waals surface area contributed by atoms with Crippen molar-refractivity contribution in [1.82, 2.24) is 4.98 Å². The van der Waals surface area contributed by atoms with Gasteiger partial charge in [0.1, 0.15) is 36.8 Å². The molecule has 7 rings (SSSR count). The number of amidine groups is 1. The van der Waals surface area contributed by atoms with Gasteiger partial charge in [-0.15, -0.1) is 0 Å². The number of nitrogens with zero attached hydrogens (tertiary/aromatic N) is 3. The maximum absolute atomic E-state index is 6.25. The molecule has 2 aromatic carbocycles. The average molecular weight is 397 g/mol. The molecule has 6 nitrogen and oxygen atoms in total. The van der Waals surface area contributed by atoms with Gasteiger partial charge in [-0.2, -0.15) is 0 Å². The summed E-state index contributed by atoms with van der Waals surface area (Å²) in [7, 11) is 0. The molecule has 0 unspecified atom stereocenters. The number of ether oxygens (including phenoxy) is 3. The van der Waals surface area contributed by atoms with Crippen molar-refractivity contribution in [3.8, 4) is 17.2 Å². The highest BCUT2D eigenvalue weighted by atomic mass is 16.6. The van der Waals surface area contributed by atoms with E-state index in [1.54, 1.807) is 0 Å². The lowest BCUT2D eigenvalue weighted by molar-refractivity contribution is 0.171. The Balaban J connectivity index is 1.44. The van der Waals surface area contributed by atoms with Crippen LogP contribution in [-0.2, 0) is 5.41 Å². The lowest BCUT2D eigenvalue weighted by Crippen LogP contribution is -2.41. The Bertz CT molecular complexity index is 1210. The first-order valence-corrected chi connectivity index (χ1v) is 10.3. The number of para-hydroxylation sites is 1. The van der Waals surface area contributed by atoms with Crippen molar-refractivity contribution in [2.75, 3.05) is 31.3 Å². The van der Waals surface area contributed by atoms with Gasteiger partial charge < -0.3 is 19.1 Å². The van der Waals surface area contributed by atoms with Gasteiger partial charge in [0.15, 0.2) is 11.5 Å². The van der Waals surface area contributed by atoms with Crippen LogP contribution in [0, 0.1) is 0 Å². The lowest BCUT2D eigenvalue weighted by Gasteiger charge is -2.27. The Labute approximate surface area is 173 Å². The fraction of sp³-hybridized carbons (Fsp3) is 0.250. The molecule has 0 N–H and O–H groups in total. The monoisotopic (exact) mass is 397 g/mol. The molecule has 0 fully saturated rings. The Morgan fingerprint density at radius 3 is 2.57 bits per heavy atom. The van der Waals surface area contributed by atoms with Crippen molar-refractivity contribution in [1.29, 1.82) is 0 Å². The van der Waals surface area contributed by atoms with Crippen molar-refractivity contribution < 1.29 is 14.2 Å². The van der Waals surface area contributed by atoms with Gasteiger partial charge >= 0.3 is 0 Å². The van der Waals surface area contributed by atoms with Gasteiger partial charge in [-0.25, -0.2) is 0 Å². The zero-order valence-electron chi connectivity index (χ0n) is 16.2. The van der Waals surface area contributed by atoms with Gasteiger partial charge in [0.25, 0.3) is 0 Å². The first-order valence-electron chi connectivity index (χ1n) is 10.3. The number of benzene rings is 2. The Morgan fingerprint density at radius 2 is 1.70 bits per heavy atom. The van der Waals surface area contributed by atoms with Crippen LogP contribution in [-0.4, -0.2) is 37.2 Å². The number of pyridine rings is 1. The molecule has 0 saturated heterocycles. The van der Waals surface area contributed by atoms with Gasteiger partial charge in [-0.05, 0) is 29.8 Å². The van der Waals surface area contributed by atoms with Crippen LogP contribution in [0.1, 0.15) is 22.9 Å². The number of anilines is 1. The van der Waals surface area contributed by atoms with Crippen LogP contribution in [0.25, 0.3) is 0 Å². The zero-order chi connectivity index (χ0) is 19.7. The first-order chi connectivity index (χ1) is 14.9. The summed E-state index contributed by atoms with van der Waals surface area (Å²) in [4.78, 5) is 12.0. The molecule has 4 aliphatic rings. The average Bonchev–Trinajstić information content (AvgIpc) is 3.47. The minimum absolute atomic E-state index is 0.0861. The van der Waals surface area contributed by atoms with Crippen LogP contribution in [0.4, 0.5) is 5.69 Å². The van der Waals surface area contributed by atoms with E-state index in [1.165, 1.54) is 11.3 Å². The molecule has 4 aliphatic heterocycles. The Morgan fingerprint density at radius 1 is 0.867 bits per heavy atom. The van der Waals surface area contributed by atoms with E-state index in [-0.39, 0.29) is 6.04 Å². The van der Waals surface area contributed by atoms with Crippen LogP contribution in [0.3, 0.4) is 0 Å². The second-order valence-electron chi connectivity index (χ2n) is 8.01. The third kappa shape index (κ3) is 1.93. The van der Waals surface area contributed by atoms with Gasteiger partial charge in [0.2, 0.25) is 0 Å². The molecule has 0 saturated carbocycles. The molecular weight excluding hydrogens is 378 g/mol. The molecule has 0 radical (unpaired) electrons. The second-order valence-corrected chi connectivity index (χ2v) is 8.01. The van der Waals surface area contributed by atoms with Crippen LogP contribution in [0.15, 0.2) is 65.8 Å². The summed E-state index contributed by atoms with van der Waals surface area (Å²) in [6, 6.07) is 18.8. The molecule has 1 spiro atoms. The normalized spacial score (nSPS) is 24.9. The molecular formula is C24H19N3O3. The number of aliphatic imine (C=N–C) groups is 1. The van der Waals surface area contributed by atoms with E-state index in [1.807, 2.05) is 24.4 Å². The quantitative estimate of drug-likeness (QED) is 0.629. The molecule has 0 aliphatic carbocycles. The molecule has 2 atom stereocenters. The third-order valence-electron chi connectivity index (χ3n) is 6.54. The van der Waals surface area contributed by atoms with Crippen LogP contribution in [0.2, 0.25) is 0 Å². The minimum Gasteiger partial charge on any atom is -0.491 e. The van der Waals surface area contributed by atoms with Gasteiger partial charge in [0.05, 0.1) is 18.3 Å². The van der Waals surface area contributed by atoms with Crippen molar-refractivity contribution in [3.63, 3.8) is 0 Å². The molecule has 0 bridgehead atoms. The van der Waals surface area contributed by atoms with E-state index in [4.69, 9.17) is 19.2 Å². The SMILES string of the molecule is c1ccc([C@H]2CN=C3N2c2ccccc2[C@]32COc3cc4c(cc32)OCCO4)nc1. The van der Waals surface area contributed by atoms with E-state index in [2.05, 4.69) is 46.3 Å². The number of fused-ring (bicyclic) bond motifs is 8. The predicted octanol–water partition coefficient (Wildman–Crippen LogP) is 3.50. The number of hydrogen-bond acceptors (Lipinski definition) is 6. The largest absolute Gasteiger partial charge is 0.491 e. The fourth-order valence-electron chi connectivity index (χ4n) is 5.26. The van der Waals surface area contributed by atoms with Crippen molar-refractivity contribution in [3.05, 3.63) is 77.6 Å². The first kappa shape index (κ1) is 16.3. The molecule has 148 valence electrons. The summed E-state index contributed by atoms with van der Waals surface area (Å²) in [6.45, 7) is 2.33. The predicted molar refractivity (Wildman–Crippen MR) is 112 cm³/mol. The van der Waals surface area contributed by atoms with Gasteiger partial charge in [-0.1, -0.05) is 24.3 Å². The summed E-state index contributed by atoms with van der Waals surface area (Å²) in [6.07, 6.45) is 1.85. The van der Waals surface area contributed by atoms with Crippen LogP contribution < -0.4 is 19.1 Å². The summed E-state index contributed by atoms with van der Waals surface area (Å²) in [5.74, 6) is 3.41. The summed E-state index contributed by atoms with van der Waals surface area (Å²) < 4.78 is 17.9. The summed E-state index contributed by atoms with van der Waals surface area (Å²) in [5.41, 5.74) is 4.09. The van der Waals surface area contributed by atoms with Crippen molar-refractivity contribution in [2.24, 2.45) is 4.99 Å². The van der Waals surface area contributed by atoms with E-state index in [9.17, 15) is 0 Å². The van der Waals surface area contributed by atoms with Crippen LogP contribution in [0.5, 0.6) is 17.2 Å². The maximum Gasteiger partial charge on any atom is 0.165 e. The van der Waals surface area contributed by atoms with E-state index < -0.39 is 5.41 Å². The van der Waals surface area contributed by atoms with Crippen molar-refractivity contribution in [2.45, 2.75) is 11.5 Å². The molecule has 6 heteroatoms. The smallest absolute Gasteiger partial charge is 0.165 e. The van der Waals surface area contributed by atoms with Crippen LogP contribution >= 0.6 is 0 Å². The van der Waals surface area contributed by atoms with Gasteiger partial charge in [-0.3, -0.25) is 9.98 Å². The maximum atomic E-state index is 6.25. The highest BCUT2D eigenvalue weighted by molar-refractivity contribution is 6.16. The Hall–Kier alpha value is -3.54. The van der Waals surface area contributed by atoms with Crippen molar-refractivity contribution >= 4 is 11.5 Å². The lowest BCUT2D eigenvalue weighted by atomic mass is 9.76. The zero-order valence-corrected chi connectivity index (χ0v) is 16.2. The van der Waals surface area contributed by atoms with E-state index >= 15 is 0 Å². The topological polar surface area (TPSA) is 56.2 Å². The molecule has 5 heterocycles. The molecule has 30 heavy (non-hydrogen) atoms. The highest BCUT2D eigenvalue weighted by Gasteiger charge is 2.58. The van der Waals surface area contributed by atoms with E-state index in [0.29, 0.717) is 26.4 Å². The molecule has 3 aromatic rings. The van der Waals surface area contributed by atoms with E-state index in [0.717, 1.165) is 34.3 Å². The Kier molecular flexibility index (Phi) is 3.12. The number of hydrogen-bond donors (Lipinski definition) is 0. The number of aromatic nitrogens is 1. The second kappa shape index (κ2) is 5.75. The third-order valence-corrected chi connectivity index (χ3v) is 6.54. The molecule has 0 amide bonds. The molecule has 1 aromatic heterocycles. The summed E-state index contributed by atoms with van der Waals surface area (Å²) in [5, 5.41) is 0. The number of rotatable bonds is 1. The van der Waals surface area contributed by atoms with Gasteiger partial charge in [0, 0.05) is 23.5 Å². The standard InChI is InChI=1S/C24H19N3O3/c1-2-7-18-15(5-1)24(23-26-13-19(27(18)23)17-6-3-4-8-25-17)14-30-20-12-22-21(11-16(20)24)28-9-10-29-22/h1-8,11-12,19H,9-10,13-14H2/t19-,24+/m1/s1. The highest BCUT2D eigenvalue weighted by Crippen LogP contribution is 2.57. The fourth-order valence-corrected chi connectivity index (χ4v) is 5.26. The summed E-state index contributed by atoms with van der Waals surface area (Å²) >= 11 is 0.